The number of allylic oxidation sites excluding steroid dienone is 2. The first kappa shape index (κ1) is 14.7. The van der Waals surface area contributed by atoms with Gasteiger partial charge in [0.15, 0.2) is 0 Å². The topological polar surface area (TPSA) is 62.1 Å². The van der Waals surface area contributed by atoms with E-state index in [1.807, 2.05) is 17.5 Å². The van der Waals surface area contributed by atoms with Gasteiger partial charge < -0.3 is 10.1 Å². The molecule has 0 saturated heterocycles. The summed E-state index contributed by atoms with van der Waals surface area (Å²) in [5.74, 6) is -0.808. The van der Waals surface area contributed by atoms with Gasteiger partial charge in [0.1, 0.15) is 0 Å². The van der Waals surface area contributed by atoms with Crippen LogP contribution in [-0.2, 0) is 9.53 Å². The summed E-state index contributed by atoms with van der Waals surface area (Å²) in [6.45, 7) is 3.85. The highest BCUT2D eigenvalue weighted by molar-refractivity contribution is 7.84. The molecule has 0 aliphatic carbocycles. The van der Waals surface area contributed by atoms with Gasteiger partial charge in [-0.15, -0.1) is 24.0 Å². The van der Waals surface area contributed by atoms with Crippen molar-refractivity contribution in [2.45, 2.75) is 19.8 Å². The molecule has 104 valence electrons. The van der Waals surface area contributed by atoms with Crippen LogP contribution >= 0.6 is 24.0 Å². The average Bonchev–Trinajstić information content (AvgIpc) is 2.91. The van der Waals surface area contributed by atoms with Gasteiger partial charge in [-0.25, -0.2) is 4.79 Å². The van der Waals surface area contributed by atoms with Crippen LogP contribution in [0.2, 0.25) is 0 Å². The number of thiophene rings is 1. The molecule has 1 aliphatic heterocycles. The van der Waals surface area contributed by atoms with Gasteiger partial charge in [-0.05, 0) is 25.3 Å². The van der Waals surface area contributed by atoms with Crippen LogP contribution in [0.25, 0.3) is 0 Å². The number of rotatable bonds is 3. The van der Waals surface area contributed by atoms with Crippen LogP contribution in [-0.4, -0.2) is 12.6 Å². The lowest BCUT2D eigenvalue weighted by Gasteiger charge is -2.26. The van der Waals surface area contributed by atoms with E-state index < -0.39 is 11.9 Å². The van der Waals surface area contributed by atoms with E-state index in [0.717, 1.165) is 4.88 Å². The third-order valence-corrected chi connectivity index (χ3v) is 4.28. The van der Waals surface area contributed by atoms with Crippen molar-refractivity contribution in [3.63, 3.8) is 0 Å². The number of hydrogen-bond donors (Lipinski definition) is 2. The van der Waals surface area contributed by atoms with E-state index in [-0.39, 0.29) is 0 Å². The van der Waals surface area contributed by atoms with Gasteiger partial charge in [0.2, 0.25) is 0 Å². The Morgan fingerprint density at radius 2 is 2.40 bits per heavy atom. The molecule has 0 saturated carbocycles. The minimum Gasteiger partial charge on any atom is -0.463 e. The largest absolute Gasteiger partial charge is 0.463 e. The predicted molar refractivity (Wildman–Crippen MR) is 81.2 cm³/mol. The van der Waals surface area contributed by atoms with Crippen molar-refractivity contribution in [1.82, 2.24) is 5.32 Å². The minimum absolute atomic E-state index is 0.298. The molecule has 0 unspecified atom stereocenters. The predicted octanol–water partition coefficient (Wildman–Crippen LogP) is 2.94. The molecule has 1 aromatic heterocycles. The number of nitrogens with zero attached hydrogens (tertiary/aromatic N) is 1. The number of dihydropyridines is 1. The van der Waals surface area contributed by atoms with Gasteiger partial charge in [-0.1, -0.05) is 6.07 Å². The molecule has 0 aromatic carbocycles. The summed E-state index contributed by atoms with van der Waals surface area (Å²) in [6, 6.07) is 5.95. The summed E-state index contributed by atoms with van der Waals surface area (Å²) in [6.07, 6.45) is 0. The lowest BCUT2D eigenvalue weighted by atomic mass is 9.87. The van der Waals surface area contributed by atoms with Crippen LogP contribution in [0, 0.1) is 11.3 Å². The van der Waals surface area contributed by atoms with Crippen molar-refractivity contribution in [3.05, 3.63) is 44.3 Å². The molecule has 2 rings (SSSR count). The van der Waals surface area contributed by atoms with Gasteiger partial charge in [-0.2, -0.15) is 5.26 Å². The van der Waals surface area contributed by atoms with E-state index in [0.29, 0.717) is 28.5 Å². The highest BCUT2D eigenvalue weighted by atomic mass is 32.1. The summed E-state index contributed by atoms with van der Waals surface area (Å²) in [5, 5.41) is 14.7. The van der Waals surface area contributed by atoms with Crippen molar-refractivity contribution in [2.75, 3.05) is 6.61 Å². The molecular weight excluding hydrogens is 292 g/mol. The van der Waals surface area contributed by atoms with Gasteiger partial charge in [0.05, 0.1) is 34.8 Å². The molecule has 1 aromatic rings. The SMILES string of the molecule is CCOC(=O)C1=C(C)NC(S)=C(C#N)[C@H]1c1cccs1. The maximum Gasteiger partial charge on any atom is 0.336 e. The second-order valence-electron chi connectivity index (χ2n) is 4.21. The second-order valence-corrected chi connectivity index (χ2v) is 5.63. The molecule has 1 N–H and O–H groups in total. The third-order valence-electron chi connectivity index (χ3n) is 2.99. The zero-order chi connectivity index (χ0) is 14.7. The number of nitriles is 1. The molecule has 1 atom stereocenters. The molecule has 20 heavy (non-hydrogen) atoms. The average molecular weight is 306 g/mol. The Hall–Kier alpha value is -1.71. The number of ether oxygens (including phenoxy) is 1. The van der Waals surface area contributed by atoms with Crippen molar-refractivity contribution in [1.29, 1.82) is 5.26 Å². The summed E-state index contributed by atoms with van der Waals surface area (Å²) >= 11 is 5.81. The van der Waals surface area contributed by atoms with Crippen LogP contribution in [0.3, 0.4) is 0 Å². The van der Waals surface area contributed by atoms with Gasteiger partial charge in [0, 0.05) is 10.6 Å². The smallest absolute Gasteiger partial charge is 0.336 e. The Bertz CT molecular complexity index is 624. The molecule has 2 heterocycles. The summed E-state index contributed by atoms with van der Waals surface area (Å²) in [4.78, 5) is 13.1. The fourth-order valence-electron chi connectivity index (χ4n) is 2.15. The number of thiol groups is 1. The van der Waals surface area contributed by atoms with E-state index in [1.54, 1.807) is 13.8 Å². The maximum absolute atomic E-state index is 12.2. The lowest BCUT2D eigenvalue weighted by Crippen LogP contribution is -2.27. The second kappa shape index (κ2) is 6.16. The van der Waals surface area contributed by atoms with Crippen LogP contribution < -0.4 is 5.32 Å². The number of esters is 1. The monoisotopic (exact) mass is 306 g/mol. The first-order valence-electron chi connectivity index (χ1n) is 6.11. The summed E-state index contributed by atoms with van der Waals surface area (Å²) in [5.41, 5.74) is 1.58. The fourth-order valence-corrected chi connectivity index (χ4v) is 3.34. The molecule has 1 aliphatic rings. The van der Waals surface area contributed by atoms with E-state index in [1.165, 1.54) is 11.3 Å². The molecule has 0 amide bonds. The quantitative estimate of drug-likeness (QED) is 0.666. The molecule has 0 radical (unpaired) electrons. The normalized spacial score (nSPS) is 18.6. The Labute approximate surface area is 127 Å². The van der Waals surface area contributed by atoms with E-state index in [2.05, 4.69) is 24.0 Å². The minimum atomic E-state index is -0.409. The fraction of sp³-hybridized carbons (Fsp3) is 0.286. The van der Waals surface area contributed by atoms with Gasteiger partial charge in [0.25, 0.3) is 0 Å². The van der Waals surface area contributed by atoms with Crippen molar-refractivity contribution >= 4 is 29.9 Å². The molecule has 0 bridgehead atoms. The van der Waals surface area contributed by atoms with Crippen molar-refractivity contribution in [2.24, 2.45) is 0 Å². The van der Waals surface area contributed by atoms with Crippen molar-refractivity contribution in [3.8, 4) is 6.07 Å². The lowest BCUT2D eigenvalue weighted by molar-refractivity contribution is -0.138. The molecule has 6 heteroatoms. The van der Waals surface area contributed by atoms with Crippen LogP contribution in [0.1, 0.15) is 24.6 Å². The Balaban J connectivity index is 2.55. The van der Waals surface area contributed by atoms with Crippen LogP contribution in [0.15, 0.2) is 39.4 Å². The Kier molecular flexibility index (Phi) is 4.53. The van der Waals surface area contributed by atoms with Gasteiger partial charge in [-0.3, -0.25) is 0 Å². The van der Waals surface area contributed by atoms with Crippen LogP contribution in [0.5, 0.6) is 0 Å². The number of nitrogens with one attached hydrogen (secondary N) is 1. The first-order valence-corrected chi connectivity index (χ1v) is 7.44. The first-order chi connectivity index (χ1) is 9.60. The van der Waals surface area contributed by atoms with E-state index in [9.17, 15) is 10.1 Å². The zero-order valence-corrected chi connectivity index (χ0v) is 12.8. The molecule has 0 fully saturated rings. The Morgan fingerprint density at radius 3 is 2.95 bits per heavy atom. The number of carbonyl (C=O) groups excluding carboxylic acids is 1. The zero-order valence-electron chi connectivity index (χ0n) is 11.1. The van der Waals surface area contributed by atoms with Crippen LogP contribution in [0.4, 0.5) is 0 Å². The standard InChI is InChI=1S/C14H14N2O2S2/c1-3-18-14(17)11-8(2)16-13(19)9(7-15)12(11)10-5-4-6-20-10/h4-6,12,16,19H,3H2,1-2H3/t12-/m0/s1. The van der Waals surface area contributed by atoms with Gasteiger partial charge >= 0.3 is 5.97 Å². The van der Waals surface area contributed by atoms with E-state index >= 15 is 0 Å². The van der Waals surface area contributed by atoms with Crippen molar-refractivity contribution < 1.29 is 9.53 Å². The highest BCUT2D eigenvalue weighted by Gasteiger charge is 2.34. The molecule has 4 nitrogen and oxygen atoms in total. The summed E-state index contributed by atoms with van der Waals surface area (Å²) in [7, 11) is 0. The molecule has 0 spiro atoms. The number of carbonyl (C=O) groups is 1. The molecular formula is C14H14N2O2S2. The third kappa shape index (κ3) is 2.60. The maximum atomic E-state index is 12.2. The summed E-state index contributed by atoms with van der Waals surface area (Å²) < 4.78 is 5.12. The highest BCUT2D eigenvalue weighted by Crippen LogP contribution is 2.40. The van der Waals surface area contributed by atoms with E-state index in [4.69, 9.17) is 4.74 Å². The Morgan fingerprint density at radius 1 is 1.65 bits per heavy atom. The number of hydrogen-bond acceptors (Lipinski definition) is 6.